The molecule has 19 heavy (non-hydrogen) atoms. The Morgan fingerprint density at radius 2 is 2.00 bits per heavy atom. The summed E-state index contributed by atoms with van der Waals surface area (Å²) in [5.41, 5.74) is 0.480. The van der Waals surface area contributed by atoms with Crippen LogP contribution in [0.2, 0.25) is 0 Å². The summed E-state index contributed by atoms with van der Waals surface area (Å²) >= 11 is 0. The lowest BCUT2D eigenvalue weighted by molar-refractivity contribution is 0.152. The Hall–Kier alpha value is -0.0800. The molecule has 3 atom stereocenters. The van der Waals surface area contributed by atoms with Gasteiger partial charge in [0.1, 0.15) is 0 Å². The molecule has 112 valence electrons. The SMILES string of the molecule is CCNC1C(CN2CCCC2C(C)C)CCC1(C)C. The van der Waals surface area contributed by atoms with Crippen molar-refractivity contribution in [1.82, 2.24) is 10.2 Å². The topological polar surface area (TPSA) is 15.3 Å². The van der Waals surface area contributed by atoms with Gasteiger partial charge in [-0.25, -0.2) is 0 Å². The molecule has 1 N–H and O–H groups in total. The first kappa shape index (κ1) is 15.3. The number of likely N-dealkylation sites (tertiary alicyclic amines) is 1. The van der Waals surface area contributed by atoms with E-state index < -0.39 is 0 Å². The van der Waals surface area contributed by atoms with Crippen LogP contribution in [0.25, 0.3) is 0 Å². The van der Waals surface area contributed by atoms with Crippen LogP contribution in [0.1, 0.15) is 60.3 Å². The molecule has 0 bridgehead atoms. The molecule has 0 aromatic heterocycles. The van der Waals surface area contributed by atoms with Gasteiger partial charge in [-0.3, -0.25) is 4.90 Å². The molecule has 0 amide bonds. The Kier molecular flexibility index (Phi) is 4.94. The second kappa shape index (κ2) is 6.13. The van der Waals surface area contributed by atoms with E-state index in [1.807, 2.05) is 0 Å². The van der Waals surface area contributed by atoms with Crippen molar-refractivity contribution in [3.8, 4) is 0 Å². The molecule has 2 aliphatic rings. The van der Waals surface area contributed by atoms with Crippen molar-refractivity contribution in [3.05, 3.63) is 0 Å². The van der Waals surface area contributed by atoms with E-state index in [4.69, 9.17) is 0 Å². The highest BCUT2D eigenvalue weighted by molar-refractivity contribution is 4.98. The molecule has 1 heterocycles. The third kappa shape index (κ3) is 3.33. The van der Waals surface area contributed by atoms with Crippen LogP contribution in [0.3, 0.4) is 0 Å². The van der Waals surface area contributed by atoms with E-state index in [0.717, 1.165) is 24.4 Å². The van der Waals surface area contributed by atoms with E-state index >= 15 is 0 Å². The molecule has 0 aromatic carbocycles. The van der Waals surface area contributed by atoms with Crippen molar-refractivity contribution in [3.63, 3.8) is 0 Å². The first-order valence-corrected chi connectivity index (χ1v) is 8.43. The number of hydrogen-bond acceptors (Lipinski definition) is 2. The number of rotatable bonds is 5. The van der Waals surface area contributed by atoms with Crippen molar-refractivity contribution in [2.45, 2.75) is 72.4 Å². The molecule has 2 heteroatoms. The van der Waals surface area contributed by atoms with Gasteiger partial charge < -0.3 is 5.32 Å². The van der Waals surface area contributed by atoms with Crippen LogP contribution in [0.4, 0.5) is 0 Å². The summed E-state index contributed by atoms with van der Waals surface area (Å²) in [7, 11) is 0. The summed E-state index contributed by atoms with van der Waals surface area (Å²) < 4.78 is 0. The van der Waals surface area contributed by atoms with Crippen molar-refractivity contribution in [2.75, 3.05) is 19.6 Å². The Morgan fingerprint density at radius 3 is 2.63 bits per heavy atom. The Bertz CT molecular complexity index is 285. The smallest absolute Gasteiger partial charge is 0.0159 e. The molecule has 0 aromatic rings. The lowest BCUT2D eigenvalue weighted by Gasteiger charge is -2.35. The summed E-state index contributed by atoms with van der Waals surface area (Å²) in [6.07, 6.45) is 5.62. The third-order valence-corrected chi connectivity index (χ3v) is 5.55. The molecule has 3 unspecified atom stereocenters. The Morgan fingerprint density at radius 1 is 1.26 bits per heavy atom. The molecule has 1 aliphatic carbocycles. The fourth-order valence-electron chi connectivity index (χ4n) is 4.51. The zero-order valence-corrected chi connectivity index (χ0v) is 13.7. The number of nitrogens with zero attached hydrogens (tertiary/aromatic N) is 1. The predicted octanol–water partition coefficient (Wildman–Crippen LogP) is 3.52. The van der Waals surface area contributed by atoms with Crippen molar-refractivity contribution in [1.29, 1.82) is 0 Å². The highest BCUT2D eigenvalue weighted by Crippen LogP contribution is 2.42. The van der Waals surface area contributed by atoms with Gasteiger partial charge >= 0.3 is 0 Å². The van der Waals surface area contributed by atoms with E-state index in [0.29, 0.717) is 11.5 Å². The van der Waals surface area contributed by atoms with Gasteiger partial charge in [0.2, 0.25) is 0 Å². The molecular weight excluding hydrogens is 232 g/mol. The van der Waals surface area contributed by atoms with E-state index in [1.54, 1.807) is 0 Å². The maximum Gasteiger partial charge on any atom is 0.0159 e. The van der Waals surface area contributed by atoms with Gasteiger partial charge in [0, 0.05) is 18.6 Å². The quantitative estimate of drug-likeness (QED) is 0.819. The minimum Gasteiger partial charge on any atom is -0.313 e. The van der Waals surface area contributed by atoms with Crippen molar-refractivity contribution >= 4 is 0 Å². The third-order valence-electron chi connectivity index (χ3n) is 5.55. The first-order valence-electron chi connectivity index (χ1n) is 8.43. The van der Waals surface area contributed by atoms with E-state index in [1.165, 1.54) is 38.8 Å². The van der Waals surface area contributed by atoms with Crippen LogP contribution >= 0.6 is 0 Å². The second-order valence-corrected chi connectivity index (χ2v) is 7.77. The minimum atomic E-state index is 0.480. The molecule has 0 radical (unpaired) electrons. The van der Waals surface area contributed by atoms with E-state index in [9.17, 15) is 0 Å². The largest absolute Gasteiger partial charge is 0.313 e. The number of nitrogens with one attached hydrogen (secondary N) is 1. The van der Waals surface area contributed by atoms with E-state index in [-0.39, 0.29) is 0 Å². The maximum absolute atomic E-state index is 3.78. The van der Waals surface area contributed by atoms with Crippen molar-refractivity contribution < 1.29 is 0 Å². The number of hydrogen-bond donors (Lipinski definition) is 1. The highest BCUT2D eigenvalue weighted by Gasteiger charge is 2.42. The second-order valence-electron chi connectivity index (χ2n) is 7.77. The normalized spacial score (nSPS) is 35.4. The van der Waals surface area contributed by atoms with Crippen LogP contribution in [-0.4, -0.2) is 36.6 Å². The van der Waals surface area contributed by atoms with Crippen LogP contribution in [0.15, 0.2) is 0 Å². The average Bonchev–Trinajstić information content (AvgIpc) is 2.89. The molecule has 2 fully saturated rings. The molecule has 2 nitrogen and oxygen atoms in total. The van der Waals surface area contributed by atoms with Crippen molar-refractivity contribution in [2.24, 2.45) is 17.3 Å². The van der Waals surface area contributed by atoms with Gasteiger partial charge in [-0.1, -0.05) is 34.6 Å². The molecule has 2 rings (SSSR count). The maximum atomic E-state index is 3.78. The lowest BCUT2D eigenvalue weighted by Crippen LogP contribution is -2.47. The highest BCUT2D eigenvalue weighted by atomic mass is 15.2. The molecule has 1 saturated carbocycles. The fraction of sp³-hybridized carbons (Fsp3) is 1.00. The molecule has 0 spiro atoms. The van der Waals surface area contributed by atoms with Gasteiger partial charge in [-0.05, 0) is 56.0 Å². The zero-order valence-electron chi connectivity index (χ0n) is 13.7. The zero-order chi connectivity index (χ0) is 14.0. The van der Waals surface area contributed by atoms with Crippen LogP contribution in [0.5, 0.6) is 0 Å². The van der Waals surface area contributed by atoms with Gasteiger partial charge in [0.25, 0.3) is 0 Å². The van der Waals surface area contributed by atoms with E-state index in [2.05, 4.69) is 44.8 Å². The summed E-state index contributed by atoms with van der Waals surface area (Å²) in [6.45, 7) is 15.7. The van der Waals surface area contributed by atoms with Gasteiger partial charge in [-0.15, -0.1) is 0 Å². The fourth-order valence-corrected chi connectivity index (χ4v) is 4.51. The predicted molar refractivity (Wildman–Crippen MR) is 83.4 cm³/mol. The average molecular weight is 266 g/mol. The summed E-state index contributed by atoms with van der Waals surface area (Å²) in [5, 5.41) is 3.78. The minimum absolute atomic E-state index is 0.480. The standard InChI is InChI=1S/C17H34N2/c1-6-18-16-14(9-10-17(16,4)5)12-19-11-7-8-15(19)13(2)3/h13-16,18H,6-12H2,1-5H3. The lowest BCUT2D eigenvalue weighted by atomic mass is 9.84. The Labute approximate surface area is 120 Å². The first-order chi connectivity index (χ1) is 8.95. The van der Waals surface area contributed by atoms with Crippen LogP contribution < -0.4 is 5.32 Å². The molecule has 1 aliphatic heterocycles. The molecule has 1 saturated heterocycles. The van der Waals surface area contributed by atoms with Gasteiger partial charge in [0.15, 0.2) is 0 Å². The summed E-state index contributed by atoms with van der Waals surface area (Å²) in [6, 6.07) is 1.55. The van der Waals surface area contributed by atoms with Gasteiger partial charge in [-0.2, -0.15) is 0 Å². The van der Waals surface area contributed by atoms with Gasteiger partial charge in [0.05, 0.1) is 0 Å². The van der Waals surface area contributed by atoms with Crippen LogP contribution in [-0.2, 0) is 0 Å². The Balaban J connectivity index is 1.98. The molecular formula is C17H34N2. The van der Waals surface area contributed by atoms with Crippen LogP contribution in [0, 0.1) is 17.3 Å². The summed E-state index contributed by atoms with van der Waals surface area (Å²) in [4.78, 5) is 2.79. The summed E-state index contributed by atoms with van der Waals surface area (Å²) in [5.74, 6) is 1.67. The monoisotopic (exact) mass is 266 g/mol.